The average molecular weight is 199 g/mol. The summed E-state index contributed by atoms with van der Waals surface area (Å²) in [7, 11) is 1.76. The monoisotopic (exact) mass is 199 g/mol. The van der Waals surface area contributed by atoms with Gasteiger partial charge in [-0.25, -0.2) is 4.99 Å². The summed E-state index contributed by atoms with van der Waals surface area (Å²) in [5.41, 5.74) is 1.12. The summed E-state index contributed by atoms with van der Waals surface area (Å²) in [6, 6.07) is 0. The molecule has 1 aliphatic heterocycles. The number of methoxy groups -OCH3 is 1. The molecule has 0 fully saturated rings. The molecule has 0 spiro atoms. The van der Waals surface area contributed by atoms with Crippen molar-refractivity contribution < 1.29 is 4.74 Å². The maximum atomic E-state index is 5.40. The summed E-state index contributed by atoms with van der Waals surface area (Å²) in [5, 5.41) is 1.14. The zero-order valence-corrected chi connectivity index (χ0v) is 9.36. The lowest BCUT2D eigenvalue weighted by Crippen LogP contribution is -2.19. The van der Waals surface area contributed by atoms with Gasteiger partial charge >= 0.3 is 0 Å². The van der Waals surface area contributed by atoms with Crippen molar-refractivity contribution in [2.75, 3.05) is 12.9 Å². The van der Waals surface area contributed by atoms with Crippen molar-refractivity contribution in [3.8, 4) is 0 Å². The Morgan fingerprint density at radius 2 is 2.46 bits per heavy atom. The van der Waals surface area contributed by atoms with Crippen LogP contribution in [0.2, 0.25) is 0 Å². The number of thioether (sulfide) groups is 1. The fraction of sp³-hybridized carbons (Fsp3) is 0.700. The Bertz CT molecular complexity index is 223. The van der Waals surface area contributed by atoms with Crippen LogP contribution in [0.15, 0.2) is 16.8 Å². The lowest BCUT2D eigenvalue weighted by Gasteiger charge is -2.14. The second-order valence-corrected chi connectivity index (χ2v) is 4.31. The molecule has 0 aromatic heterocycles. The van der Waals surface area contributed by atoms with Crippen molar-refractivity contribution >= 4 is 16.8 Å². The van der Waals surface area contributed by atoms with Crippen LogP contribution in [0.4, 0.5) is 0 Å². The maximum absolute atomic E-state index is 5.40. The number of rotatable bonds is 2. The number of ether oxygens (including phenoxy) is 1. The first kappa shape index (κ1) is 10.8. The van der Waals surface area contributed by atoms with E-state index in [1.807, 2.05) is 6.92 Å². The maximum Gasteiger partial charge on any atom is 0.105 e. The molecule has 0 aromatic rings. The fourth-order valence-electron chi connectivity index (χ4n) is 1.35. The highest BCUT2D eigenvalue weighted by atomic mass is 32.2. The van der Waals surface area contributed by atoms with E-state index in [1.54, 1.807) is 18.9 Å². The molecular formula is C10H17NOS. The number of aliphatic imine (C=N–C) groups is 1. The van der Waals surface area contributed by atoms with Crippen LogP contribution in [0, 0.1) is 0 Å². The van der Waals surface area contributed by atoms with Crippen LogP contribution in [0.1, 0.15) is 26.7 Å². The predicted octanol–water partition coefficient (Wildman–Crippen LogP) is 2.85. The molecule has 1 unspecified atom stereocenters. The van der Waals surface area contributed by atoms with Crippen molar-refractivity contribution in [2.45, 2.75) is 32.8 Å². The Kier molecular flexibility index (Phi) is 4.53. The van der Waals surface area contributed by atoms with E-state index in [4.69, 9.17) is 4.74 Å². The second-order valence-electron chi connectivity index (χ2n) is 3.03. The SMILES string of the molecule is CCSC1=NC(C)=CCCC1OC. The minimum absolute atomic E-state index is 0.207. The second kappa shape index (κ2) is 5.45. The Morgan fingerprint density at radius 3 is 3.08 bits per heavy atom. The zero-order valence-electron chi connectivity index (χ0n) is 8.54. The summed E-state index contributed by atoms with van der Waals surface area (Å²) in [6.45, 7) is 4.19. The minimum Gasteiger partial charge on any atom is -0.375 e. The highest BCUT2D eigenvalue weighted by Gasteiger charge is 2.16. The number of nitrogens with zero attached hydrogens (tertiary/aromatic N) is 1. The zero-order chi connectivity index (χ0) is 9.68. The third-order valence-corrected chi connectivity index (χ3v) is 2.95. The van der Waals surface area contributed by atoms with Gasteiger partial charge in [-0.1, -0.05) is 13.0 Å². The van der Waals surface area contributed by atoms with E-state index < -0.39 is 0 Å². The van der Waals surface area contributed by atoms with Gasteiger partial charge in [0.2, 0.25) is 0 Å². The van der Waals surface area contributed by atoms with Crippen molar-refractivity contribution in [3.63, 3.8) is 0 Å². The number of hydrogen-bond acceptors (Lipinski definition) is 3. The van der Waals surface area contributed by atoms with E-state index in [-0.39, 0.29) is 6.10 Å². The Hall–Kier alpha value is -0.280. The van der Waals surface area contributed by atoms with Gasteiger partial charge in [-0.2, -0.15) is 0 Å². The molecule has 0 bridgehead atoms. The van der Waals surface area contributed by atoms with Crippen molar-refractivity contribution in [1.82, 2.24) is 0 Å². The van der Waals surface area contributed by atoms with Crippen LogP contribution in [-0.2, 0) is 4.74 Å². The number of hydrogen-bond donors (Lipinski definition) is 0. The van der Waals surface area contributed by atoms with Crippen LogP contribution < -0.4 is 0 Å². The molecule has 0 aromatic carbocycles. The summed E-state index contributed by atoms with van der Waals surface area (Å²) in [5.74, 6) is 1.06. The first-order valence-corrected chi connectivity index (χ1v) is 5.67. The lowest BCUT2D eigenvalue weighted by atomic mass is 10.2. The summed E-state index contributed by atoms with van der Waals surface area (Å²) in [4.78, 5) is 4.53. The molecule has 0 N–H and O–H groups in total. The molecule has 1 atom stereocenters. The lowest BCUT2D eigenvalue weighted by molar-refractivity contribution is 0.152. The highest BCUT2D eigenvalue weighted by Crippen LogP contribution is 2.20. The highest BCUT2D eigenvalue weighted by molar-refractivity contribution is 8.14. The van der Waals surface area contributed by atoms with Gasteiger partial charge in [0, 0.05) is 12.8 Å². The largest absolute Gasteiger partial charge is 0.375 e. The molecule has 13 heavy (non-hydrogen) atoms. The molecule has 0 aliphatic carbocycles. The van der Waals surface area contributed by atoms with Gasteiger partial charge in [0.1, 0.15) is 11.1 Å². The van der Waals surface area contributed by atoms with E-state index in [0.717, 1.165) is 29.3 Å². The van der Waals surface area contributed by atoms with E-state index in [0.29, 0.717) is 0 Å². The third kappa shape index (κ3) is 3.16. The molecule has 1 rings (SSSR count). The smallest absolute Gasteiger partial charge is 0.105 e. The van der Waals surface area contributed by atoms with E-state index in [1.165, 1.54) is 0 Å². The summed E-state index contributed by atoms with van der Waals surface area (Å²) in [6.07, 6.45) is 4.51. The Labute approximate surface area is 84.5 Å². The van der Waals surface area contributed by atoms with E-state index >= 15 is 0 Å². The average Bonchev–Trinajstić information content (AvgIpc) is 2.28. The van der Waals surface area contributed by atoms with Crippen LogP contribution in [-0.4, -0.2) is 24.0 Å². The normalized spacial score (nSPS) is 23.5. The Morgan fingerprint density at radius 1 is 1.69 bits per heavy atom. The molecule has 0 saturated carbocycles. The van der Waals surface area contributed by atoms with Gasteiger partial charge in [0.05, 0.1) is 0 Å². The summed E-state index contributed by atoms with van der Waals surface area (Å²) < 4.78 is 5.40. The van der Waals surface area contributed by atoms with Crippen LogP contribution in [0.25, 0.3) is 0 Å². The van der Waals surface area contributed by atoms with Crippen molar-refractivity contribution in [1.29, 1.82) is 0 Å². The fourth-order valence-corrected chi connectivity index (χ4v) is 2.25. The molecule has 1 heterocycles. The molecular weight excluding hydrogens is 182 g/mol. The van der Waals surface area contributed by atoms with Gasteiger partial charge in [-0.15, -0.1) is 11.8 Å². The standard InChI is InChI=1S/C10H17NOS/c1-4-13-10-9(12-3)7-5-6-8(2)11-10/h6,9H,4-5,7H2,1-3H3. The van der Waals surface area contributed by atoms with E-state index in [9.17, 15) is 0 Å². The van der Waals surface area contributed by atoms with Crippen LogP contribution in [0.3, 0.4) is 0 Å². The molecule has 3 heteroatoms. The first-order valence-electron chi connectivity index (χ1n) is 4.68. The molecule has 1 aliphatic rings. The Balaban J connectivity index is 2.73. The van der Waals surface area contributed by atoms with Crippen LogP contribution in [0.5, 0.6) is 0 Å². The van der Waals surface area contributed by atoms with Crippen molar-refractivity contribution in [3.05, 3.63) is 11.8 Å². The van der Waals surface area contributed by atoms with Crippen LogP contribution >= 0.6 is 11.8 Å². The molecule has 2 nitrogen and oxygen atoms in total. The topological polar surface area (TPSA) is 21.6 Å². The number of allylic oxidation sites excluding steroid dienone is 2. The summed E-state index contributed by atoms with van der Waals surface area (Å²) >= 11 is 1.79. The van der Waals surface area contributed by atoms with Gasteiger partial charge in [0.15, 0.2) is 0 Å². The van der Waals surface area contributed by atoms with E-state index in [2.05, 4.69) is 18.0 Å². The first-order chi connectivity index (χ1) is 6.27. The molecule has 0 saturated heterocycles. The quantitative estimate of drug-likeness (QED) is 0.682. The van der Waals surface area contributed by atoms with Gasteiger partial charge < -0.3 is 4.74 Å². The molecule has 0 radical (unpaired) electrons. The minimum atomic E-state index is 0.207. The third-order valence-electron chi connectivity index (χ3n) is 2.01. The molecule has 0 amide bonds. The van der Waals surface area contributed by atoms with Gasteiger partial charge in [0.25, 0.3) is 0 Å². The van der Waals surface area contributed by atoms with Gasteiger partial charge in [-0.05, 0) is 25.5 Å². The predicted molar refractivity (Wildman–Crippen MR) is 59.4 cm³/mol. The molecule has 74 valence electrons. The van der Waals surface area contributed by atoms with Gasteiger partial charge in [-0.3, -0.25) is 0 Å². The van der Waals surface area contributed by atoms with Crippen molar-refractivity contribution in [2.24, 2.45) is 4.99 Å².